The topological polar surface area (TPSA) is 128 Å². The molecule has 212 valence electrons. The molecule has 13 heteroatoms. The third kappa shape index (κ3) is 4.55. The molecule has 1 aromatic carbocycles. The van der Waals surface area contributed by atoms with Crippen molar-refractivity contribution in [2.75, 3.05) is 31.1 Å². The van der Waals surface area contributed by atoms with Gasteiger partial charge in [-0.15, -0.1) is 0 Å². The molecule has 3 aliphatic rings. The van der Waals surface area contributed by atoms with E-state index in [9.17, 15) is 32.8 Å². The number of hydrogen-bond donors (Lipinski definition) is 2. The summed E-state index contributed by atoms with van der Waals surface area (Å²) >= 11 is 0. The number of aromatic nitrogens is 1. The Bertz CT molecular complexity index is 1430. The highest BCUT2D eigenvalue weighted by atomic mass is 19.4. The summed E-state index contributed by atoms with van der Waals surface area (Å²) < 4.78 is 48.3. The fourth-order valence-corrected chi connectivity index (χ4v) is 5.85. The molecule has 0 unspecified atom stereocenters. The van der Waals surface area contributed by atoms with Crippen molar-refractivity contribution in [2.24, 2.45) is 16.7 Å². The van der Waals surface area contributed by atoms with Crippen LogP contribution in [0.1, 0.15) is 39.2 Å². The molecule has 0 spiro atoms. The predicted octanol–water partition coefficient (Wildman–Crippen LogP) is 3.27. The Morgan fingerprint density at radius 3 is 2.52 bits per heavy atom. The second-order valence-corrected chi connectivity index (χ2v) is 11.8. The molecule has 3 heterocycles. The summed E-state index contributed by atoms with van der Waals surface area (Å²) in [6.45, 7) is 5.21. The largest absolute Gasteiger partial charge is 0.444 e. The molecule has 1 aromatic heterocycles. The number of likely N-dealkylation sites (tertiary alicyclic amines) is 1. The Morgan fingerprint density at radius 2 is 1.88 bits per heavy atom. The highest BCUT2D eigenvalue weighted by Crippen LogP contribution is 2.75. The number of piperidine rings is 1. The van der Waals surface area contributed by atoms with Crippen LogP contribution < -0.4 is 15.8 Å². The van der Waals surface area contributed by atoms with Crippen molar-refractivity contribution < 1.29 is 32.3 Å². The van der Waals surface area contributed by atoms with E-state index in [2.05, 4.69) is 15.8 Å². The van der Waals surface area contributed by atoms with Gasteiger partial charge in [-0.05, 0) is 51.5 Å². The average molecular weight is 559 g/mol. The first-order valence-electron chi connectivity index (χ1n) is 12.9. The molecule has 40 heavy (non-hydrogen) atoms. The molecule has 0 bridgehead atoms. The fraction of sp³-hybridized carbons (Fsp3) is 0.519. The van der Waals surface area contributed by atoms with Crippen LogP contribution >= 0.6 is 0 Å². The summed E-state index contributed by atoms with van der Waals surface area (Å²) in [5.41, 5.74) is 0.921. The van der Waals surface area contributed by atoms with E-state index in [1.54, 1.807) is 39.0 Å². The molecule has 2 aliphatic heterocycles. The van der Waals surface area contributed by atoms with Crippen LogP contribution in [-0.4, -0.2) is 65.7 Å². The molecule has 1 aliphatic carbocycles. The van der Waals surface area contributed by atoms with E-state index < -0.39 is 47.1 Å². The minimum atomic E-state index is -4.65. The second-order valence-electron chi connectivity index (χ2n) is 11.8. The molecule has 5 rings (SSSR count). The maximum Gasteiger partial charge on any atom is 0.410 e. The molecule has 2 aromatic rings. The van der Waals surface area contributed by atoms with E-state index in [4.69, 9.17) is 4.74 Å². The minimum Gasteiger partial charge on any atom is -0.444 e. The van der Waals surface area contributed by atoms with Crippen LogP contribution in [0.2, 0.25) is 0 Å². The summed E-state index contributed by atoms with van der Waals surface area (Å²) in [4.78, 5) is 44.8. The summed E-state index contributed by atoms with van der Waals surface area (Å²) in [6.07, 6.45) is -4.03. The summed E-state index contributed by atoms with van der Waals surface area (Å²) in [7, 11) is 0. The maximum atomic E-state index is 14.4. The first-order valence-corrected chi connectivity index (χ1v) is 12.9. The summed E-state index contributed by atoms with van der Waals surface area (Å²) in [6, 6.07) is 8.43. The van der Waals surface area contributed by atoms with Gasteiger partial charge in [-0.3, -0.25) is 25.4 Å². The van der Waals surface area contributed by atoms with Crippen LogP contribution in [0.5, 0.6) is 0 Å². The van der Waals surface area contributed by atoms with E-state index in [0.29, 0.717) is 35.2 Å². The van der Waals surface area contributed by atoms with E-state index >= 15 is 0 Å². The van der Waals surface area contributed by atoms with Gasteiger partial charge in [-0.25, -0.2) is 4.79 Å². The number of halogens is 3. The smallest absolute Gasteiger partial charge is 0.410 e. The van der Waals surface area contributed by atoms with Crippen LogP contribution in [0.3, 0.4) is 0 Å². The number of rotatable bonds is 4. The number of benzene rings is 1. The van der Waals surface area contributed by atoms with Gasteiger partial charge in [-0.2, -0.15) is 18.4 Å². The van der Waals surface area contributed by atoms with Crippen molar-refractivity contribution in [2.45, 2.75) is 45.4 Å². The van der Waals surface area contributed by atoms with Crippen LogP contribution in [0, 0.1) is 28.1 Å². The average Bonchev–Trinajstić information content (AvgIpc) is 3.39. The normalized spacial score (nSPS) is 24.1. The fourth-order valence-electron chi connectivity index (χ4n) is 5.85. The van der Waals surface area contributed by atoms with Crippen molar-refractivity contribution in [3.05, 3.63) is 36.0 Å². The predicted molar refractivity (Wildman–Crippen MR) is 136 cm³/mol. The molecule has 2 N–H and O–H groups in total. The van der Waals surface area contributed by atoms with E-state index in [1.807, 2.05) is 6.07 Å². The SMILES string of the molecule is CC(C)(C)OC(=O)N1CC(CC(=O)NNC(=O)[C@]23CN(c4ccc(C#N)c5ncccc45)C[C@@]2(C(F)(F)F)C3)C1. The van der Waals surface area contributed by atoms with Crippen molar-refractivity contribution in [3.8, 4) is 6.07 Å². The number of nitrogens with zero attached hydrogens (tertiary/aromatic N) is 4. The number of hydrazine groups is 1. The Labute approximate surface area is 228 Å². The highest BCUT2D eigenvalue weighted by Gasteiger charge is 2.86. The van der Waals surface area contributed by atoms with Crippen LogP contribution in [0.15, 0.2) is 30.5 Å². The van der Waals surface area contributed by atoms with Crippen LogP contribution in [0.25, 0.3) is 10.9 Å². The van der Waals surface area contributed by atoms with E-state index in [0.717, 1.165) is 0 Å². The number of nitriles is 1. The molecule has 2 atom stereocenters. The lowest BCUT2D eigenvalue weighted by Gasteiger charge is -2.39. The Kier molecular flexibility index (Phi) is 6.35. The Morgan fingerprint density at radius 1 is 1.15 bits per heavy atom. The molecular weight excluding hydrogens is 529 g/mol. The molecular formula is C27H29F3N6O4. The Balaban J connectivity index is 1.24. The first kappa shape index (κ1) is 27.5. The quantitative estimate of drug-likeness (QED) is 0.552. The monoisotopic (exact) mass is 558 g/mol. The van der Waals surface area contributed by atoms with Gasteiger partial charge in [0.15, 0.2) is 0 Å². The van der Waals surface area contributed by atoms with Crippen LogP contribution in [0.4, 0.5) is 23.7 Å². The zero-order valence-electron chi connectivity index (χ0n) is 22.3. The van der Waals surface area contributed by atoms with Crippen molar-refractivity contribution in [3.63, 3.8) is 0 Å². The van der Waals surface area contributed by atoms with Gasteiger partial charge in [0.05, 0.1) is 16.5 Å². The van der Waals surface area contributed by atoms with Gasteiger partial charge in [0.25, 0.3) is 0 Å². The lowest BCUT2D eigenvalue weighted by atomic mass is 9.95. The zero-order valence-corrected chi connectivity index (χ0v) is 22.3. The van der Waals surface area contributed by atoms with Gasteiger partial charge >= 0.3 is 12.3 Å². The van der Waals surface area contributed by atoms with Crippen molar-refractivity contribution in [1.29, 1.82) is 5.26 Å². The number of ether oxygens (including phenoxy) is 1. The van der Waals surface area contributed by atoms with Crippen molar-refractivity contribution in [1.82, 2.24) is 20.7 Å². The number of nitrogens with one attached hydrogen (secondary N) is 2. The van der Waals surface area contributed by atoms with E-state index in [-0.39, 0.29) is 25.3 Å². The lowest BCUT2D eigenvalue weighted by Crippen LogP contribution is -2.54. The third-order valence-electron chi connectivity index (χ3n) is 7.90. The van der Waals surface area contributed by atoms with Crippen molar-refractivity contribution >= 4 is 34.5 Å². The number of anilines is 1. The molecule has 2 saturated heterocycles. The molecule has 1 saturated carbocycles. The molecule has 10 nitrogen and oxygen atoms in total. The number of hydrogen-bond acceptors (Lipinski definition) is 7. The van der Waals surface area contributed by atoms with Gasteiger partial charge < -0.3 is 14.5 Å². The summed E-state index contributed by atoms with van der Waals surface area (Å²) in [5, 5.41) is 9.91. The van der Waals surface area contributed by atoms with E-state index in [1.165, 1.54) is 22.1 Å². The number of carbonyl (C=O) groups is 3. The standard InChI is InChI=1S/C27H29F3N6O4/c1-24(2,3)40-23(39)35-11-16(12-35)9-20(37)33-34-22(38)25-13-26(25,27(28,29)30)15-36(14-25)19-7-6-17(10-31)21-18(19)5-4-8-32-21/h4-8,16H,9,11-15H2,1-3H3,(H,33,37)(H,34,38)/t25-,26-/m0/s1. The van der Waals surface area contributed by atoms with Crippen LogP contribution in [-0.2, 0) is 14.3 Å². The summed E-state index contributed by atoms with van der Waals surface area (Å²) in [5.74, 6) is -1.62. The number of amides is 3. The number of alkyl halides is 3. The van der Waals surface area contributed by atoms with Gasteiger partial charge in [0, 0.05) is 55.8 Å². The number of fused-ring (bicyclic) bond motifs is 2. The zero-order chi connectivity index (χ0) is 29.1. The number of carbonyl (C=O) groups excluding carboxylic acids is 3. The van der Waals surface area contributed by atoms with Gasteiger partial charge in [-0.1, -0.05) is 0 Å². The number of pyridine rings is 1. The third-order valence-corrected chi connectivity index (χ3v) is 7.90. The molecule has 3 fully saturated rings. The second kappa shape index (κ2) is 9.25. The first-order chi connectivity index (χ1) is 18.7. The van der Waals surface area contributed by atoms with Gasteiger partial charge in [0.2, 0.25) is 11.8 Å². The Hall–Kier alpha value is -4.08. The minimum absolute atomic E-state index is 0.00660. The molecule has 3 amide bonds. The highest BCUT2D eigenvalue weighted by molar-refractivity contribution is 5.97. The maximum absolute atomic E-state index is 14.4. The lowest BCUT2D eigenvalue weighted by molar-refractivity contribution is -0.191. The van der Waals surface area contributed by atoms with Gasteiger partial charge in [0.1, 0.15) is 17.1 Å². The molecule has 0 radical (unpaired) electrons.